The third-order valence-electron chi connectivity index (χ3n) is 2.57. The summed E-state index contributed by atoms with van der Waals surface area (Å²) in [6, 6.07) is 9.34. The molecule has 2 heteroatoms. The van der Waals surface area contributed by atoms with Gasteiger partial charge >= 0.3 is 0 Å². The quantitative estimate of drug-likeness (QED) is 0.579. The van der Waals surface area contributed by atoms with Gasteiger partial charge in [0.25, 0.3) is 0 Å². The van der Waals surface area contributed by atoms with E-state index < -0.39 is 0 Å². The number of hydrogen-bond acceptors (Lipinski definition) is 1. The molecule has 0 aromatic heterocycles. The molecule has 88 valence electrons. The van der Waals surface area contributed by atoms with E-state index in [-0.39, 0.29) is 11.3 Å². The van der Waals surface area contributed by atoms with E-state index in [9.17, 15) is 4.79 Å². The molecule has 17 heavy (non-hydrogen) atoms. The minimum absolute atomic E-state index is 0. The summed E-state index contributed by atoms with van der Waals surface area (Å²) in [5.41, 5.74) is 0.745. The summed E-state index contributed by atoms with van der Waals surface area (Å²) < 4.78 is 0. The topological polar surface area (TPSA) is 48.6 Å². The Morgan fingerprint density at radius 3 is 2.59 bits per heavy atom. The molecule has 0 bridgehead atoms. The summed E-state index contributed by atoms with van der Waals surface area (Å²) in [5, 5.41) is 0. The van der Waals surface area contributed by atoms with Crippen molar-refractivity contribution in [1.29, 1.82) is 0 Å². The van der Waals surface area contributed by atoms with Gasteiger partial charge in [-0.25, -0.2) is 0 Å². The van der Waals surface area contributed by atoms with Crippen molar-refractivity contribution in [2.45, 2.75) is 6.42 Å². The molecule has 2 nitrogen and oxygen atoms in total. The van der Waals surface area contributed by atoms with Crippen LogP contribution in [0.1, 0.15) is 16.8 Å². The van der Waals surface area contributed by atoms with Gasteiger partial charge in [-0.3, -0.25) is 4.79 Å². The molecule has 0 fully saturated rings. The molecule has 1 aromatic carbocycles. The van der Waals surface area contributed by atoms with E-state index in [4.69, 9.17) is 0 Å². The monoisotopic (exact) mass is 228 g/mol. The molecular weight excluding hydrogens is 212 g/mol. The van der Waals surface area contributed by atoms with E-state index in [1.165, 1.54) is 0 Å². The van der Waals surface area contributed by atoms with Gasteiger partial charge in [0, 0.05) is 5.56 Å². The smallest absolute Gasteiger partial charge is 0.185 e. The maximum absolute atomic E-state index is 11.8. The van der Waals surface area contributed by atoms with Crippen LogP contribution < -0.4 is 0 Å². The largest absolute Gasteiger partial charge is 0.412 e. The van der Waals surface area contributed by atoms with Gasteiger partial charge in [0.2, 0.25) is 0 Å². The van der Waals surface area contributed by atoms with Crippen LogP contribution in [0.15, 0.2) is 66.8 Å². The molecule has 1 unspecified atom stereocenters. The van der Waals surface area contributed by atoms with E-state index in [0.29, 0.717) is 5.92 Å². The van der Waals surface area contributed by atoms with Gasteiger partial charge in [-0.1, -0.05) is 60.7 Å². The fourth-order valence-corrected chi connectivity index (χ4v) is 1.65. The summed E-state index contributed by atoms with van der Waals surface area (Å²) in [6.07, 6.45) is 12.9. The van der Waals surface area contributed by atoms with E-state index in [0.717, 1.165) is 12.0 Å². The van der Waals surface area contributed by atoms with Crippen LogP contribution >= 0.6 is 0 Å². The summed E-state index contributed by atoms with van der Waals surface area (Å²) >= 11 is 0. The Hall–Kier alpha value is -1.93. The number of allylic oxidation sites excluding steroid dienone is 6. The van der Waals surface area contributed by atoms with Crippen molar-refractivity contribution >= 4 is 5.78 Å². The number of hydrogen-bond donors (Lipinski definition) is 0. The van der Waals surface area contributed by atoms with E-state index >= 15 is 0 Å². The fourth-order valence-electron chi connectivity index (χ4n) is 1.65. The highest BCUT2D eigenvalue weighted by Crippen LogP contribution is 2.13. The van der Waals surface area contributed by atoms with Crippen LogP contribution in [0.25, 0.3) is 0 Å². The number of rotatable bonds is 3. The molecule has 0 saturated heterocycles. The van der Waals surface area contributed by atoms with Crippen molar-refractivity contribution in [1.82, 2.24) is 0 Å². The van der Waals surface area contributed by atoms with Crippen molar-refractivity contribution in [2.75, 3.05) is 0 Å². The molecule has 0 aliphatic heterocycles. The highest BCUT2D eigenvalue weighted by molar-refractivity contribution is 6.04. The Morgan fingerprint density at radius 1 is 1.18 bits per heavy atom. The normalized spacial score (nSPS) is 18.0. The molecule has 1 aliphatic rings. The van der Waals surface area contributed by atoms with E-state index in [1.54, 1.807) is 6.08 Å². The summed E-state index contributed by atoms with van der Waals surface area (Å²) in [5.74, 6) is 0.432. The van der Waals surface area contributed by atoms with Crippen molar-refractivity contribution < 1.29 is 10.3 Å². The number of carbonyl (C=O) groups excluding carboxylic acids is 1. The molecule has 0 saturated carbocycles. The second-order valence-corrected chi connectivity index (χ2v) is 3.80. The van der Waals surface area contributed by atoms with Crippen molar-refractivity contribution in [3.63, 3.8) is 0 Å². The van der Waals surface area contributed by atoms with Crippen molar-refractivity contribution in [3.05, 3.63) is 72.4 Å². The van der Waals surface area contributed by atoms with Crippen molar-refractivity contribution in [3.8, 4) is 0 Å². The Kier molecular flexibility index (Phi) is 5.11. The maximum Gasteiger partial charge on any atom is 0.185 e. The predicted octanol–water partition coefficient (Wildman–Crippen LogP) is 2.73. The van der Waals surface area contributed by atoms with Gasteiger partial charge in [0.15, 0.2) is 5.78 Å². The van der Waals surface area contributed by atoms with Gasteiger partial charge in [-0.05, 0) is 18.4 Å². The zero-order chi connectivity index (χ0) is 11.2. The third kappa shape index (κ3) is 3.85. The third-order valence-corrected chi connectivity index (χ3v) is 2.57. The standard InChI is InChI=1S/C15H14O.H2O/c16-15(14-9-5-2-6-10-14)12-11-13-7-3-1-4-8-13;/h1-7,9-13H,8H2;1H2. The molecule has 0 spiro atoms. The average Bonchev–Trinajstić information content (AvgIpc) is 2.38. The summed E-state index contributed by atoms with van der Waals surface area (Å²) in [7, 11) is 0. The number of carbonyl (C=O) groups is 1. The van der Waals surface area contributed by atoms with E-state index in [1.807, 2.05) is 48.6 Å². The van der Waals surface area contributed by atoms with Crippen LogP contribution in [0.3, 0.4) is 0 Å². The summed E-state index contributed by atoms with van der Waals surface area (Å²) in [6.45, 7) is 0. The SMILES string of the molecule is O.O=C(C=CC1C=CC=CC1)c1ccccc1. The number of ketones is 1. The first kappa shape index (κ1) is 13.1. The fraction of sp³-hybridized carbons (Fsp3) is 0.133. The Labute approximate surface area is 101 Å². The van der Waals surface area contributed by atoms with Crippen LogP contribution in [0.4, 0.5) is 0 Å². The van der Waals surface area contributed by atoms with Gasteiger partial charge in [0.05, 0.1) is 0 Å². The first-order valence-corrected chi connectivity index (χ1v) is 5.47. The molecule has 1 aromatic rings. The van der Waals surface area contributed by atoms with E-state index in [2.05, 4.69) is 12.2 Å². The maximum atomic E-state index is 11.8. The van der Waals surface area contributed by atoms with Gasteiger partial charge in [-0.2, -0.15) is 0 Å². The molecular formula is C15H16O2. The lowest BCUT2D eigenvalue weighted by Gasteiger charge is -2.06. The van der Waals surface area contributed by atoms with Gasteiger partial charge in [0.1, 0.15) is 0 Å². The minimum Gasteiger partial charge on any atom is -0.412 e. The molecule has 0 radical (unpaired) electrons. The first-order valence-electron chi connectivity index (χ1n) is 5.47. The lowest BCUT2D eigenvalue weighted by atomic mass is 9.99. The molecule has 1 atom stereocenters. The van der Waals surface area contributed by atoms with Crippen molar-refractivity contribution in [2.24, 2.45) is 5.92 Å². The highest BCUT2D eigenvalue weighted by atomic mass is 16.1. The average molecular weight is 228 g/mol. The van der Waals surface area contributed by atoms with Crippen LogP contribution in [0.2, 0.25) is 0 Å². The lowest BCUT2D eigenvalue weighted by Crippen LogP contribution is -1.97. The Balaban J connectivity index is 0.00000144. The first-order chi connectivity index (χ1) is 7.86. The van der Waals surface area contributed by atoms with Crippen LogP contribution in [0, 0.1) is 5.92 Å². The molecule has 2 N–H and O–H groups in total. The zero-order valence-electron chi connectivity index (χ0n) is 9.54. The molecule has 2 rings (SSSR count). The molecule has 0 heterocycles. The second kappa shape index (κ2) is 6.61. The molecule has 1 aliphatic carbocycles. The van der Waals surface area contributed by atoms with Gasteiger partial charge < -0.3 is 5.48 Å². The van der Waals surface area contributed by atoms with Crippen LogP contribution in [-0.2, 0) is 0 Å². The molecule has 0 amide bonds. The predicted molar refractivity (Wildman–Crippen MR) is 69.9 cm³/mol. The zero-order valence-corrected chi connectivity index (χ0v) is 9.54. The van der Waals surface area contributed by atoms with Crippen LogP contribution in [-0.4, -0.2) is 11.3 Å². The van der Waals surface area contributed by atoms with Crippen LogP contribution in [0.5, 0.6) is 0 Å². The number of benzene rings is 1. The Morgan fingerprint density at radius 2 is 1.94 bits per heavy atom. The highest BCUT2D eigenvalue weighted by Gasteiger charge is 2.03. The Bertz CT molecular complexity index is 441. The minimum atomic E-state index is 0. The lowest BCUT2D eigenvalue weighted by molar-refractivity contribution is 0.104. The second-order valence-electron chi connectivity index (χ2n) is 3.80. The van der Waals surface area contributed by atoms with Gasteiger partial charge in [-0.15, -0.1) is 0 Å². The summed E-state index contributed by atoms with van der Waals surface area (Å²) in [4.78, 5) is 11.8.